The number of nitrogens with one attached hydrogen (secondary N) is 1. The predicted octanol–water partition coefficient (Wildman–Crippen LogP) is 2.02. The van der Waals surface area contributed by atoms with E-state index in [-0.39, 0.29) is 5.91 Å². The number of benzene rings is 2. The van der Waals surface area contributed by atoms with E-state index in [9.17, 15) is 4.79 Å². The van der Waals surface area contributed by atoms with Crippen LogP contribution < -0.4 is 20.8 Å². The molecule has 8 heteroatoms. The van der Waals surface area contributed by atoms with Crippen LogP contribution in [0.1, 0.15) is 11.7 Å². The molecule has 27 heavy (non-hydrogen) atoms. The highest BCUT2D eigenvalue weighted by atomic mass is 79.9. The first kappa shape index (κ1) is 18.1. The maximum Gasteiger partial charge on any atom is 0.276 e. The number of amidine groups is 1. The number of anilines is 1. The van der Waals surface area contributed by atoms with Crippen molar-refractivity contribution in [2.24, 2.45) is 10.1 Å². The largest absolute Gasteiger partial charge is 0.378 e. The molecule has 138 valence electrons. The van der Waals surface area contributed by atoms with Crippen LogP contribution in [0.2, 0.25) is 0 Å². The van der Waals surface area contributed by atoms with Crippen molar-refractivity contribution >= 4 is 50.2 Å². The average molecular weight is 444 g/mol. The number of hydrazone groups is 1. The van der Waals surface area contributed by atoms with Gasteiger partial charge in [0.05, 0.1) is 5.36 Å². The van der Waals surface area contributed by atoms with Crippen molar-refractivity contribution in [3.63, 3.8) is 0 Å². The van der Waals surface area contributed by atoms with E-state index < -0.39 is 6.17 Å². The minimum Gasteiger partial charge on any atom is -0.378 e. The molecule has 0 radical (unpaired) electrons. The van der Waals surface area contributed by atoms with Gasteiger partial charge in [0.1, 0.15) is 5.70 Å². The van der Waals surface area contributed by atoms with Crippen molar-refractivity contribution < 1.29 is 4.79 Å². The smallest absolute Gasteiger partial charge is 0.276 e. The fourth-order valence-corrected chi connectivity index (χ4v) is 3.83. The fourth-order valence-electron chi connectivity index (χ4n) is 3.11. The second kappa shape index (κ2) is 7.01. The van der Waals surface area contributed by atoms with E-state index in [2.05, 4.69) is 26.3 Å². The average Bonchev–Trinajstić information content (AvgIpc) is 2.67. The second-order valence-corrected chi connectivity index (χ2v) is 8.12. The van der Waals surface area contributed by atoms with Crippen molar-refractivity contribution in [3.05, 3.63) is 63.1 Å². The fraction of sp³-hybridized carbons (Fsp3) is 0.211. The molecular weight excluding hydrogens is 426 g/mol. The number of nitrogens with zero attached hydrogens (tertiary/aromatic N) is 4. The monoisotopic (exact) mass is 443 g/mol. The van der Waals surface area contributed by atoms with Crippen LogP contribution in [0.3, 0.4) is 0 Å². The number of fused-ring (bicyclic) bond motifs is 2. The highest BCUT2D eigenvalue weighted by Crippen LogP contribution is 2.31. The van der Waals surface area contributed by atoms with Crippen LogP contribution in [0, 0.1) is 0 Å². The van der Waals surface area contributed by atoms with Crippen LogP contribution in [0.4, 0.5) is 5.69 Å². The molecule has 1 N–H and O–H groups in total. The van der Waals surface area contributed by atoms with Gasteiger partial charge >= 0.3 is 0 Å². The Morgan fingerprint density at radius 2 is 1.93 bits per heavy atom. The molecule has 0 saturated heterocycles. The van der Waals surface area contributed by atoms with E-state index in [0.717, 1.165) is 26.3 Å². The molecule has 0 aromatic heterocycles. The van der Waals surface area contributed by atoms with Gasteiger partial charge in [0.15, 0.2) is 11.3 Å². The summed E-state index contributed by atoms with van der Waals surface area (Å²) in [5.41, 5.74) is 2.60. The molecule has 0 unspecified atom stereocenters. The van der Waals surface area contributed by atoms with Gasteiger partial charge in [-0.15, -0.1) is 5.10 Å². The summed E-state index contributed by atoms with van der Waals surface area (Å²) in [5, 5.41) is 11.3. The highest BCUT2D eigenvalue weighted by molar-refractivity contribution is 9.10. The van der Waals surface area contributed by atoms with E-state index in [1.54, 1.807) is 5.01 Å². The number of amides is 1. The Bertz CT molecular complexity index is 1060. The molecule has 2 aliphatic heterocycles. The zero-order chi connectivity index (χ0) is 19.1. The molecule has 1 amide bonds. The maximum atomic E-state index is 12.8. The third kappa shape index (κ3) is 3.23. The van der Waals surface area contributed by atoms with Crippen molar-refractivity contribution in [1.82, 2.24) is 10.3 Å². The standard InChI is InChI=1S/C19H18BrN5OS/c1-24(2)13-7-4-11(5-8-13)17-21-15-9-6-12(20)10-14(15)16-18(26)22-19(27-3)23-25(16)17/h4-10,17H,1-3H3,(H,22,23,26)/t17-/m0/s1. The number of hydrogen-bond donors (Lipinski definition) is 1. The molecule has 0 saturated carbocycles. The van der Waals surface area contributed by atoms with E-state index >= 15 is 0 Å². The highest BCUT2D eigenvalue weighted by Gasteiger charge is 2.34. The van der Waals surface area contributed by atoms with E-state index in [1.807, 2.05) is 67.7 Å². The molecule has 0 bridgehead atoms. The van der Waals surface area contributed by atoms with E-state index in [4.69, 9.17) is 4.99 Å². The first-order valence-corrected chi connectivity index (χ1v) is 10.4. The molecule has 6 nitrogen and oxygen atoms in total. The number of halogens is 1. The lowest BCUT2D eigenvalue weighted by molar-refractivity contribution is -0.116. The first-order chi connectivity index (χ1) is 13.0. The molecule has 1 atom stereocenters. The SMILES string of the molecule is CSC1=NN2C(=c3cc(Br)ccc3=N[C@@H]2c2ccc(N(C)C)cc2)C(=O)N1. The third-order valence-corrected chi connectivity index (χ3v) is 5.53. The molecular formula is C19H18BrN5OS. The quantitative estimate of drug-likeness (QED) is 0.770. The zero-order valence-electron chi connectivity index (χ0n) is 15.1. The molecule has 2 heterocycles. The van der Waals surface area contributed by atoms with Crippen LogP contribution in [-0.4, -0.2) is 36.4 Å². The number of thioether (sulfide) groups is 1. The van der Waals surface area contributed by atoms with Gasteiger partial charge in [0, 0.05) is 29.5 Å². The van der Waals surface area contributed by atoms with Gasteiger partial charge in [0.2, 0.25) is 0 Å². The summed E-state index contributed by atoms with van der Waals surface area (Å²) in [6.45, 7) is 0. The van der Waals surface area contributed by atoms with Gasteiger partial charge in [-0.2, -0.15) is 0 Å². The Labute approximate surface area is 169 Å². The molecule has 0 spiro atoms. The Kier molecular flexibility index (Phi) is 4.69. The summed E-state index contributed by atoms with van der Waals surface area (Å²) in [6, 6.07) is 13.9. The summed E-state index contributed by atoms with van der Waals surface area (Å²) in [4.78, 5) is 19.8. The van der Waals surface area contributed by atoms with Gasteiger partial charge < -0.3 is 4.90 Å². The van der Waals surface area contributed by atoms with Crippen molar-refractivity contribution in [2.75, 3.05) is 25.3 Å². The topological polar surface area (TPSA) is 60.3 Å². The summed E-state index contributed by atoms with van der Waals surface area (Å²) in [6.07, 6.45) is 1.49. The van der Waals surface area contributed by atoms with Crippen LogP contribution in [0.25, 0.3) is 5.70 Å². The van der Waals surface area contributed by atoms with Gasteiger partial charge in [-0.1, -0.05) is 39.8 Å². The van der Waals surface area contributed by atoms with E-state index in [1.165, 1.54) is 11.8 Å². The van der Waals surface area contributed by atoms with Crippen LogP contribution in [-0.2, 0) is 4.79 Å². The van der Waals surface area contributed by atoms with Crippen LogP contribution in [0.5, 0.6) is 0 Å². The lowest BCUT2D eigenvalue weighted by Crippen LogP contribution is -2.50. The van der Waals surface area contributed by atoms with Gasteiger partial charge in [-0.05, 0) is 42.2 Å². The maximum absolute atomic E-state index is 12.8. The summed E-state index contributed by atoms with van der Waals surface area (Å²) in [5.74, 6) is -0.168. The predicted molar refractivity (Wildman–Crippen MR) is 113 cm³/mol. The van der Waals surface area contributed by atoms with Crippen molar-refractivity contribution in [2.45, 2.75) is 6.17 Å². The van der Waals surface area contributed by atoms with Crippen molar-refractivity contribution in [3.8, 4) is 0 Å². The zero-order valence-corrected chi connectivity index (χ0v) is 17.5. The van der Waals surface area contributed by atoms with E-state index in [0.29, 0.717) is 10.9 Å². The Morgan fingerprint density at radius 1 is 1.19 bits per heavy atom. The summed E-state index contributed by atoms with van der Waals surface area (Å²) in [7, 11) is 4.01. The van der Waals surface area contributed by atoms with Crippen LogP contribution >= 0.6 is 27.7 Å². The minimum absolute atomic E-state index is 0.168. The number of rotatable bonds is 2. The Hall–Kier alpha value is -2.32. The normalized spacial score (nSPS) is 18.1. The molecule has 0 aliphatic carbocycles. The van der Waals surface area contributed by atoms with Gasteiger partial charge in [-0.3, -0.25) is 15.1 Å². The Balaban J connectivity index is 1.92. The summed E-state index contributed by atoms with van der Waals surface area (Å²) >= 11 is 4.88. The lowest BCUT2D eigenvalue weighted by Gasteiger charge is -2.34. The van der Waals surface area contributed by atoms with Crippen LogP contribution in [0.15, 0.2) is 57.0 Å². The number of carbonyl (C=O) groups is 1. The molecule has 4 rings (SSSR count). The molecule has 2 aromatic carbocycles. The molecule has 0 fully saturated rings. The molecule has 2 aromatic rings. The van der Waals surface area contributed by atoms with Gasteiger partial charge in [0.25, 0.3) is 5.91 Å². The number of carbonyl (C=O) groups excluding carboxylic acids is 1. The molecule has 2 aliphatic rings. The first-order valence-electron chi connectivity index (χ1n) is 8.36. The summed E-state index contributed by atoms with van der Waals surface area (Å²) < 4.78 is 0.894. The van der Waals surface area contributed by atoms with Gasteiger partial charge in [-0.25, -0.2) is 5.01 Å². The second-order valence-electron chi connectivity index (χ2n) is 6.41. The minimum atomic E-state index is -0.391. The Morgan fingerprint density at radius 3 is 2.59 bits per heavy atom. The third-order valence-electron chi connectivity index (χ3n) is 4.47. The lowest BCUT2D eigenvalue weighted by atomic mass is 10.1. The number of hydrogen-bond acceptors (Lipinski definition) is 6. The van der Waals surface area contributed by atoms with Crippen molar-refractivity contribution in [1.29, 1.82) is 0 Å².